The number of hydrogen-bond donors (Lipinski definition) is 0. The lowest BCUT2D eigenvalue weighted by molar-refractivity contribution is -0.121. The minimum absolute atomic E-state index is 0.0231. The fourth-order valence-corrected chi connectivity index (χ4v) is 8.74. The Morgan fingerprint density at radius 2 is 1.47 bits per heavy atom. The Hall–Kier alpha value is -1.74. The van der Waals surface area contributed by atoms with Gasteiger partial charge in [-0.2, -0.15) is 0 Å². The third-order valence-corrected chi connectivity index (χ3v) is 19.9. The highest BCUT2D eigenvalue weighted by atomic mass is 28.4. The van der Waals surface area contributed by atoms with Crippen LogP contribution < -0.4 is 4.74 Å². The number of unbranched alkanes of at least 4 members (excludes halogenated alkanes) is 2. The summed E-state index contributed by atoms with van der Waals surface area (Å²) in [6.07, 6.45) is 8.16. The van der Waals surface area contributed by atoms with Gasteiger partial charge in [-0.05, 0) is 91.1 Å². The first-order valence-corrected chi connectivity index (χ1v) is 23.4. The van der Waals surface area contributed by atoms with Crippen molar-refractivity contribution >= 4 is 22.4 Å². The van der Waals surface area contributed by atoms with Crippen LogP contribution in [0.15, 0.2) is 54.6 Å². The van der Waals surface area contributed by atoms with E-state index in [0.717, 1.165) is 42.6 Å². The Kier molecular flexibility index (Phi) is 13.3. The molecule has 1 aliphatic carbocycles. The van der Waals surface area contributed by atoms with E-state index in [-0.39, 0.29) is 34.1 Å². The van der Waals surface area contributed by atoms with Gasteiger partial charge >= 0.3 is 0 Å². The number of ether oxygens (including phenoxy) is 1. The lowest BCUT2D eigenvalue weighted by atomic mass is 9.84. The molecule has 0 bridgehead atoms. The molecular formula is C39H64O4Si2. The molecule has 3 rings (SSSR count). The van der Waals surface area contributed by atoms with E-state index in [2.05, 4.69) is 105 Å². The summed E-state index contributed by atoms with van der Waals surface area (Å²) in [5, 5.41) is 0.265. The average molecular weight is 653 g/mol. The van der Waals surface area contributed by atoms with Crippen LogP contribution in [0.4, 0.5) is 0 Å². The highest BCUT2D eigenvalue weighted by Gasteiger charge is 2.48. The molecule has 0 saturated heterocycles. The molecule has 4 atom stereocenters. The molecule has 2 aromatic rings. The van der Waals surface area contributed by atoms with Crippen LogP contribution >= 0.6 is 0 Å². The van der Waals surface area contributed by atoms with Crippen LogP contribution in [0, 0.1) is 11.8 Å². The predicted molar refractivity (Wildman–Crippen MR) is 195 cm³/mol. The summed E-state index contributed by atoms with van der Waals surface area (Å²) in [6, 6.07) is 18.6. The number of carbonyl (C=O) groups excluding carboxylic acids is 1. The Balaban J connectivity index is 1.83. The van der Waals surface area contributed by atoms with E-state index in [1.54, 1.807) is 0 Å². The average Bonchev–Trinajstić information content (AvgIpc) is 3.22. The Morgan fingerprint density at radius 3 is 2.09 bits per heavy atom. The van der Waals surface area contributed by atoms with Crippen LogP contribution in [0.2, 0.25) is 36.3 Å². The predicted octanol–water partition coefficient (Wildman–Crippen LogP) is 11.2. The molecule has 45 heavy (non-hydrogen) atoms. The van der Waals surface area contributed by atoms with Crippen LogP contribution in [-0.2, 0) is 26.7 Å². The molecule has 0 unspecified atom stereocenters. The number of carbonyl (C=O) groups is 1. The topological polar surface area (TPSA) is 44.8 Å². The molecule has 0 radical (unpaired) electrons. The highest BCUT2D eigenvalue weighted by molar-refractivity contribution is 6.74. The van der Waals surface area contributed by atoms with E-state index >= 15 is 0 Å². The van der Waals surface area contributed by atoms with Crippen LogP contribution in [0.3, 0.4) is 0 Å². The number of Topliss-reactive ketones (excluding diaryl/α,β-unsaturated/α-hetero) is 1. The first-order chi connectivity index (χ1) is 20.9. The first kappa shape index (κ1) is 37.7. The second-order valence-electron chi connectivity index (χ2n) is 16.6. The van der Waals surface area contributed by atoms with Gasteiger partial charge in [-0.1, -0.05) is 110 Å². The summed E-state index contributed by atoms with van der Waals surface area (Å²) >= 11 is 0. The van der Waals surface area contributed by atoms with Crippen molar-refractivity contribution in [1.82, 2.24) is 0 Å². The van der Waals surface area contributed by atoms with Crippen molar-refractivity contribution in [3.8, 4) is 5.75 Å². The van der Waals surface area contributed by atoms with Gasteiger partial charge in [-0.15, -0.1) is 0 Å². The lowest BCUT2D eigenvalue weighted by Crippen LogP contribution is -2.46. The quantitative estimate of drug-likeness (QED) is 0.134. The molecule has 6 heteroatoms. The Labute approximate surface area is 278 Å². The molecule has 0 aliphatic heterocycles. The molecule has 252 valence electrons. The van der Waals surface area contributed by atoms with Crippen molar-refractivity contribution in [3.05, 3.63) is 65.7 Å². The maximum Gasteiger partial charge on any atom is 0.192 e. The number of rotatable bonds is 16. The standard InChI is InChI=1S/C39H64O4Si2/c1-12-13-15-22-32(42-44(8,9)38(2,3)4)24-25-34-35(36(40)28-37(34)43-45(10,11)39(5,6)7)27-31-21-18-23-33(26-31)41-29-30-19-16-14-17-20-30/h14,16-21,23,26,32,34-35,37H,12-13,15,22,24-25,27-29H2,1-11H3/t32-,34+,35+,37+/m0/s1. The van der Waals surface area contributed by atoms with Crippen LogP contribution in [-0.4, -0.2) is 34.6 Å². The monoisotopic (exact) mass is 652 g/mol. The first-order valence-electron chi connectivity index (χ1n) is 17.6. The molecular weight excluding hydrogens is 589 g/mol. The van der Waals surface area contributed by atoms with Crippen molar-refractivity contribution in [2.24, 2.45) is 11.8 Å². The summed E-state index contributed by atoms with van der Waals surface area (Å²) in [7, 11) is -3.98. The fourth-order valence-electron chi connectivity index (χ4n) is 5.95. The maximum atomic E-state index is 13.8. The van der Waals surface area contributed by atoms with Crippen molar-refractivity contribution in [2.75, 3.05) is 0 Å². The normalized spacial score (nSPS) is 20.4. The molecule has 1 fully saturated rings. The molecule has 0 heterocycles. The van der Waals surface area contributed by atoms with Crippen molar-refractivity contribution in [3.63, 3.8) is 0 Å². The van der Waals surface area contributed by atoms with Gasteiger partial charge in [0, 0.05) is 18.4 Å². The number of hydrogen-bond acceptors (Lipinski definition) is 4. The zero-order chi connectivity index (χ0) is 33.5. The van der Waals surface area contributed by atoms with Crippen LogP contribution in [0.1, 0.15) is 105 Å². The molecule has 1 aliphatic rings. The fraction of sp³-hybridized carbons (Fsp3) is 0.667. The second kappa shape index (κ2) is 15.9. The van der Waals surface area contributed by atoms with Gasteiger partial charge < -0.3 is 13.6 Å². The van der Waals surface area contributed by atoms with Crippen molar-refractivity contribution in [2.45, 2.75) is 155 Å². The molecule has 0 amide bonds. The highest BCUT2D eigenvalue weighted by Crippen LogP contribution is 2.45. The van der Waals surface area contributed by atoms with E-state index in [1.807, 2.05) is 24.3 Å². The van der Waals surface area contributed by atoms with E-state index in [0.29, 0.717) is 18.8 Å². The van der Waals surface area contributed by atoms with Crippen LogP contribution in [0.5, 0.6) is 5.75 Å². The van der Waals surface area contributed by atoms with E-state index < -0.39 is 16.6 Å². The van der Waals surface area contributed by atoms with Gasteiger partial charge in [0.05, 0.1) is 6.10 Å². The van der Waals surface area contributed by atoms with Gasteiger partial charge in [0.15, 0.2) is 16.6 Å². The number of ketones is 1. The lowest BCUT2D eigenvalue weighted by Gasteiger charge is -2.41. The summed E-state index contributed by atoms with van der Waals surface area (Å²) in [6.45, 7) is 26.1. The SMILES string of the molecule is CCCCC[C@@H](CC[C@H]1[C@H](O[Si](C)(C)C(C)(C)C)CC(=O)[C@@H]1Cc1cccc(OCc2ccccc2)c1)O[Si](C)(C)C(C)(C)C. The smallest absolute Gasteiger partial charge is 0.192 e. The van der Waals surface area contributed by atoms with Gasteiger partial charge in [-0.25, -0.2) is 0 Å². The van der Waals surface area contributed by atoms with E-state index in [4.69, 9.17) is 13.6 Å². The van der Waals surface area contributed by atoms with Gasteiger partial charge in [-0.3, -0.25) is 4.79 Å². The third-order valence-electron chi connectivity index (χ3n) is 10.9. The Bertz CT molecular complexity index is 1200. The third kappa shape index (κ3) is 10.9. The zero-order valence-electron chi connectivity index (χ0n) is 30.5. The molecule has 2 aromatic carbocycles. The molecule has 4 nitrogen and oxygen atoms in total. The van der Waals surface area contributed by atoms with Gasteiger partial charge in [0.2, 0.25) is 0 Å². The zero-order valence-corrected chi connectivity index (χ0v) is 32.5. The second-order valence-corrected chi connectivity index (χ2v) is 26.1. The van der Waals surface area contributed by atoms with Crippen LogP contribution in [0.25, 0.3) is 0 Å². The van der Waals surface area contributed by atoms with E-state index in [9.17, 15) is 4.79 Å². The number of benzene rings is 2. The minimum Gasteiger partial charge on any atom is -0.489 e. The van der Waals surface area contributed by atoms with Crippen molar-refractivity contribution < 1.29 is 18.4 Å². The Morgan fingerprint density at radius 1 is 0.822 bits per heavy atom. The van der Waals surface area contributed by atoms with E-state index in [1.165, 1.54) is 19.3 Å². The molecule has 0 spiro atoms. The maximum absolute atomic E-state index is 13.8. The molecule has 0 N–H and O–H groups in total. The van der Waals surface area contributed by atoms with Gasteiger partial charge in [0.25, 0.3) is 0 Å². The summed E-state index contributed by atoms with van der Waals surface area (Å²) in [4.78, 5) is 13.8. The largest absolute Gasteiger partial charge is 0.489 e. The summed E-state index contributed by atoms with van der Waals surface area (Å²) in [5.74, 6) is 1.35. The summed E-state index contributed by atoms with van der Waals surface area (Å²) < 4.78 is 20.3. The van der Waals surface area contributed by atoms with Gasteiger partial charge in [0.1, 0.15) is 18.1 Å². The van der Waals surface area contributed by atoms with Crippen molar-refractivity contribution in [1.29, 1.82) is 0 Å². The molecule has 1 saturated carbocycles. The molecule has 0 aromatic heterocycles. The summed E-state index contributed by atoms with van der Waals surface area (Å²) in [5.41, 5.74) is 2.31. The minimum atomic E-state index is -2.06.